The average Bonchev–Trinajstić information content (AvgIpc) is 2.22. The molecule has 0 aromatic heterocycles. The molecule has 0 spiro atoms. The molecule has 15 heavy (non-hydrogen) atoms. The van der Waals surface area contributed by atoms with Gasteiger partial charge in [-0.05, 0) is 38.0 Å². The molecule has 2 heteroatoms. The van der Waals surface area contributed by atoms with Gasteiger partial charge in [0.25, 0.3) is 0 Å². The van der Waals surface area contributed by atoms with Crippen LogP contribution >= 0.6 is 0 Å². The fourth-order valence-electron chi connectivity index (χ4n) is 1.48. The Kier molecular flexibility index (Phi) is 5.19. The van der Waals surface area contributed by atoms with Crippen LogP contribution in [0, 0.1) is 0 Å². The molecule has 1 aromatic carbocycles. The lowest BCUT2D eigenvalue weighted by atomic mass is 10.1. The highest BCUT2D eigenvalue weighted by Gasteiger charge is 2.02. The van der Waals surface area contributed by atoms with E-state index in [2.05, 4.69) is 19.1 Å². The Bertz CT molecular complexity index is 266. The Hall–Kier alpha value is -1.02. The highest BCUT2D eigenvalue weighted by molar-refractivity contribution is 5.27. The maximum atomic E-state index is 5.57. The standard InChI is InChI=1S/C13H20O2/c1-4-6-12-7-9-13(10-8-12)15-11(3)14-5-2/h7-11H,4-6H2,1-3H3. The molecule has 0 radical (unpaired) electrons. The highest BCUT2D eigenvalue weighted by Crippen LogP contribution is 2.15. The van der Waals surface area contributed by atoms with E-state index in [1.54, 1.807) is 0 Å². The summed E-state index contributed by atoms with van der Waals surface area (Å²) < 4.78 is 10.9. The quantitative estimate of drug-likeness (QED) is 0.667. The van der Waals surface area contributed by atoms with Crippen LogP contribution in [0.2, 0.25) is 0 Å². The van der Waals surface area contributed by atoms with Crippen molar-refractivity contribution in [2.75, 3.05) is 6.61 Å². The second-order valence-electron chi connectivity index (χ2n) is 3.53. The molecule has 1 rings (SSSR count). The summed E-state index contributed by atoms with van der Waals surface area (Å²) in [7, 11) is 0. The summed E-state index contributed by atoms with van der Waals surface area (Å²) in [4.78, 5) is 0. The van der Waals surface area contributed by atoms with Gasteiger partial charge >= 0.3 is 0 Å². The third kappa shape index (κ3) is 4.34. The van der Waals surface area contributed by atoms with Crippen LogP contribution in [0.4, 0.5) is 0 Å². The van der Waals surface area contributed by atoms with Crippen molar-refractivity contribution in [3.8, 4) is 5.75 Å². The lowest BCUT2D eigenvalue weighted by Crippen LogP contribution is -2.15. The second-order valence-corrected chi connectivity index (χ2v) is 3.53. The molecule has 0 N–H and O–H groups in total. The lowest BCUT2D eigenvalue weighted by Gasteiger charge is -2.14. The Labute approximate surface area is 92.2 Å². The van der Waals surface area contributed by atoms with Crippen LogP contribution in [0.1, 0.15) is 32.8 Å². The highest BCUT2D eigenvalue weighted by atomic mass is 16.7. The SMILES string of the molecule is CCCc1ccc(OC(C)OCC)cc1. The molecule has 0 aliphatic heterocycles. The van der Waals surface area contributed by atoms with Crippen molar-refractivity contribution < 1.29 is 9.47 Å². The Morgan fingerprint density at radius 1 is 1.13 bits per heavy atom. The Morgan fingerprint density at radius 3 is 2.33 bits per heavy atom. The van der Waals surface area contributed by atoms with Crippen LogP contribution < -0.4 is 4.74 Å². The topological polar surface area (TPSA) is 18.5 Å². The fraction of sp³-hybridized carbons (Fsp3) is 0.538. The van der Waals surface area contributed by atoms with E-state index in [9.17, 15) is 0 Å². The number of aryl methyl sites for hydroxylation is 1. The number of hydrogen-bond acceptors (Lipinski definition) is 2. The minimum atomic E-state index is -0.174. The first-order valence-electron chi connectivity index (χ1n) is 5.63. The molecule has 0 amide bonds. The smallest absolute Gasteiger partial charge is 0.196 e. The summed E-state index contributed by atoms with van der Waals surface area (Å²) in [5, 5.41) is 0. The zero-order chi connectivity index (χ0) is 11.1. The molecule has 1 unspecified atom stereocenters. The van der Waals surface area contributed by atoms with E-state index < -0.39 is 0 Å². The molecule has 0 heterocycles. The maximum Gasteiger partial charge on any atom is 0.196 e. The van der Waals surface area contributed by atoms with Gasteiger partial charge in [-0.3, -0.25) is 0 Å². The summed E-state index contributed by atoms with van der Waals surface area (Å²) in [6.45, 7) is 6.73. The Balaban J connectivity index is 2.48. The Morgan fingerprint density at radius 2 is 1.80 bits per heavy atom. The van der Waals surface area contributed by atoms with Gasteiger partial charge in [-0.25, -0.2) is 0 Å². The van der Waals surface area contributed by atoms with E-state index >= 15 is 0 Å². The van der Waals surface area contributed by atoms with Gasteiger partial charge in [0.2, 0.25) is 0 Å². The van der Waals surface area contributed by atoms with Gasteiger partial charge in [0.05, 0.1) is 0 Å². The molecular weight excluding hydrogens is 188 g/mol. The van der Waals surface area contributed by atoms with Gasteiger partial charge in [0.15, 0.2) is 6.29 Å². The van der Waals surface area contributed by atoms with E-state index in [1.165, 1.54) is 12.0 Å². The van der Waals surface area contributed by atoms with Crippen molar-refractivity contribution in [1.82, 2.24) is 0 Å². The number of hydrogen-bond donors (Lipinski definition) is 0. The van der Waals surface area contributed by atoms with Gasteiger partial charge in [-0.15, -0.1) is 0 Å². The number of benzene rings is 1. The second kappa shape index (κ2) is 6.46. The third-order valence-electron chi connectivity index (χ3n) is 2.17. The van der Waals surface area contributed by atoms with Crippen LogP contribution in [-0.2, 0) is 11.2 Å². The average molecular weight is 208 g/mol. The number of ether oxygens (including phenoxy) is 2. The minimum Gasteiger partial charge on any atom is -0.465 e. The molecule has 0 aliphatic carbocycles. The van der Waals surface area contributed by atoms with E-state index in [-0.39, 0.29) is 6.29 Å². The summed E-state index contributed by atoms with van der Waals surface area (Å²) in [5.74, 6) is 0.871. The predicted octanol–water partition coefficient (Wildman–Crippen LogP) is 3.40. The largest absolute Gasteiger partial charge is 0.465 e. The van der Waals surface area contributed by atoms with Gasteiger partial charge in [0, 0.05) is 6.61 Å². The van der Waals surface area contributed by atoms with Crippen LogP contribution in [0.3, 0.4) is 0 Å². The first-order valence-corrected chi connectivity index (χ1v) is 5.63. The van der Waals surface area contributed by atoms with E-state index in [0.717, 1.165) is 12.2 Å². The zero-order valence-electron chi connectivity index (χ0n) is 9.82. The summed E-state index contributed by atoms with van der Waals surface area (Å²) >= 11 is 0. The van der Waals surface area contributed by atoms with E-state index in [0.29, 0.717) is 6.61 Å². The van der Waals surface area contributed by atoms with Crippen molar-refractivity contribution in [2.24, 2.45) is 0 Å². The normalized spacial score (nSPS) is 12.5. The monoisotopic (exact) mass is 208 g/mol. The van der Waals surface area contributed by atoms with Crippen molar-refractivity contribution in [1.29, 1.82) is 0 Å². The summed E-state index contributed by atoms with van der Waals surface area (Å²) in [6.07, 6.45) is 2.13. The van der Waals surface area contributed by atoms with Crippen LogP contribution in [0.25, 0.3) is 0 Å². The van der Waals surface area contributed by atoms with Crippen molar-refractivity contribution in [2.45, 2.75) is 39.9 Å². The molecule has 2 nitrogen and oxygen atoms in total. The van der Waals surface area contributed by atoms with E-state index in [4.69, 9.17) is 9.47 Å². The molecule has 84 valence electrons. The van der Waals surface area contributed by atoms with E-state index in [1.807, 2.05) is 26.0 Å². The molecule has 0 saturated heterocycles. The molecule has 1 atom stereocenters. The van der Waals surface area contributed by atoms with Crippen LogP contribution in [0.5, 0.6) is 5.75 Å². The molecule has 1 aromatic rings. The zero-order valence-corrected chi connectivity index (χ0v) is 9.82. The van der Waals surface area contributed by atoms with Gasteiger partial charge in [0.1, 0.15) is 5.75 Å². The van der Waals surface area contributed by atoms with Crippen LogP contribution in [-0.4, -0.2) is 12.9 Å². The van der Waals surface area contributed by atoms with Crippen LogP contribution in [0.15, 0.2) is 24.3 Å². The number of rotatable bonds is 6. The lowest BCUT2D eigenvalue weighted by molar-refractivity contribution is -0.0613. The predicted molar refractivity (Wildman–Crippen MR) is 62.2 cm³/mol. The first kappa shape index (κ1) is 12.1. The van der Waals surface area contributed by atoms with Crippen molar-refractivity contribution in [3.63, 3.8) is 0 Å². The summed E-state index contributed by atoms with van der Waals surface area (Å²) in [6, 6.07) is 8.22. The first-order chi connectivity index (χ1) is 7.26. The van der Waals surface area contributed by atoms with Gasteiger partial charge in [-0.2, -0.15) is 0 Å². The van der Waals surface area contributed by atoms with Crippen molar-refractivity contribution >= 4 is 0 Å². The summed E-state index contributed by atoms with van der Waals surface area (Å²) in [5.41, 5.74) is 1.36. The molecular formula is C13H20O2. The molecule has 0 bridgehead atoms. The minimum absolute atomic E-state index is 0.174. The van der Waals surface area contributed by atoms with Gasteiger partial charge in [-0.1, -0.05) is 25.5 Å². The van der Waals surface area contributed by atoms with Crippen molar-refractivity contribution in [3.05, 3.63) is 29.8 Å². The third-order valence-corrected chi connectivity index (χ3v) is 2.17. The maximum absolute atomic E-state index is 5.57. The molecule has 0 saturated carbocycles. The fourth-order valence-corrected chi connectivity index (χ4v) is 1.48. The van der Waals surface area contributed by atoms with Gasteiger partial charge < -0.3 is 9.47 Å². The molecule has 0 fully saturated rings. The molecule has 0 aliphatic rings.